The number of amides is 1. The van der Waals surface area contributed by atoms with Crippen LogP contribution in [0.5, 0.6) is 0 Å². The number of carbonyl (C=O) groups excluding carboxylic acids is 1. The van der Waals surface area contributed by atoms with Crippen molar-refractivity contribution in [3.63, 3.8) is 0 Å². The number of carbonyl (C=O) groups is 1. The molecule has 0 saturated heterocycles. The highest BCUT2D eigenvalue weighted by atomic mass is 19.4. The van der Waals surface area contributed by atoms with Crippen molar-refractivity contribution < 1.29 is 18.0 Å². The Kier molecular flexibility index (Phi) is 4.87. The number of alkyl halides is 3. The van der Waals surface area contributed by atoms with Crippen LogP contribution in [0.2, 0.25) is 0 Å². The van der Waals surface area contributed by atoms with Gasteiger partial charge in [-0.15, -0.1) is 0 Å². The summed E-state index contributed by atoms with van der Waals surface area (Å²) in [5, 5.41) is 4.39. The summed E-state index contributed by atoms with van der Waals surface area (Å²) in [6.45, 7) is 0. The largest absolute Gasteiger partial charge is 0.416 e. The zero-order valence-electron chi connectivity index (χ0n) is 15.5. The van der Waals surface area contributed by atoms with Gasteiger partial charge in [-0.25, -0.2) is 0 Å². The second kappa shape index (κ2) is 7.51. The van der Waals surface area contributed by atoms with Gasteiger partial charge in [-0.1, -0.05) is 42.5 Å². The van der Waals surface area contributed by atoms with Crippen molar-refractivity contribution in [2.24, 2.45) is 0 Å². The standard InChI is InChI=1S/C23H15F3N2O2/c24-23(25,26)17-6-3-7-18(13-17)27-21(29)19-10-11-20(28-22(19)30)16-9-8-14-4-1-2-5-15(14)12-16/h1-13H,(H,27,29)(H,28,30). The van der Waals surface area contributed by atoms with E-state index in [9.17, 15) is 22.8 Å². The van der Waals surface area contributed by atoms with Gasteiger partial charge in [0.2, 0.25) is 0 Å². The van der Waals surface area contributed by atoms with Gasteiger partial charge in [0.25, 0.3) is 11.5 Å². The second-order valence-corrected chi connectivity index (χ2v) is 6.71. The van der Waals surface area contributed by atoms with E-state index in [0.29, 0.717) is 5.69 Å². The van der Waals surface area contributed by atoms with Crippen molar-refractivity contribution >= 4 is 22.4 Å². The van der Waals surface area contributed by atoms with Gasteiger partial charge in [0.1, 0.15) is 5.56 Å². The predicted molar refractivity (Wildman–Crippen MR) is 109 cm³/mol. The van der Waals surface area contributed by atoms with Crippen molar-refractivity contribution in [1.82, 2.24) is 4.98 Å². The molecule has 0 aliphatic rings. The van der Waals surface area contributed by atoms with E-state index in [0.717, 1.165) is 28.5 Å². The Balaban J connectivity index is 1.60. The number of hydrogen-bond acceptors (Lipinski definition) is 2. The lowest BCUT2D eigenvalue weighted by Gasteiger charge is -2.10. The highest BCUT2D eigenvalue weighted by Gasteiger charge is 2.30. The third-order valence-electron chi connectivity index (χ3n) is 4.66. The zero-order valence-corrected chi connectivity index (χ0v) is 15.5. The first kappa shape index (κ1) is 19.4. The fourth-order valence-electron chi connectivity index (χ4n) is 3.15. The molecule has 0 atom stereocenters. The number of aromatic nitrogens is 1. The Morgan fingerprint density at radius 2 is 1.60 bits per heavy atom. The number of nitrogens with one attached hydrogen (secondary N) is 2. The van der Waals surface area contributed by atoms with Crippen LogP contribution in [-0.2, 0) is 6.18 Å². The molecule has 7 heteroatoms. The van der Waals surface area contributed by atoms with E-state index >= 15 is 0 Å². The first-order valence-electron chi connectivity index (χ1n) is 9.02. The molecule has 4 nitrogen and oxygen atoms in total. The quantitative estimate of drug-likeness (QED) is 0.472. The third kappa shape index (κ3) is 3.96. The van der Waals surface area contributed by atoms with E-state index < -0.39 is 23.2 Å². The van der Waals surface area contributed by atoms with E-state index in [1.807, 2.05) is 42.5 Å². The Morgan fingerprint density at radius 3 is 2.33 bits per heavy atom. The number of aromatic amines is 1. The van der Waals surface area contributed by atoms with Crippen LogP contribution in [0, 0.1) is 0 Å². The molecular formula is C23H15F3N2O2. The molecule has 0 bridgehead atoms. The number of H-pyrrole nitrogens is 1. The molecular weight excluding hydrogens is 393 g/mol. The topological polar surface area (TPSA) is 62.0 Å². The van der Waals surface area contributed by atoms with Crippen LogP contribution in [0.25, 0.3) is 22.0 Å². The minimum absolute atomic E-state index is 0.0483. The first-order valence-corrected chi connectivity index (χ1v) is 9.02. The molecule has 0 fully saturated rings. The molecule has 2 N–H and O–H groups in total. The number of fused-ring (bicyclic) bond motifs is 1. The summed E-state index contributed by atoms with van der Waals surface area (Å²) in [6.07, 6.45) is -4.53. The SMILES string of the molecule is O=C(Nc1cccc(C(F)(F)F)c1)c1ccc(-c2ccc3ccccc3c2)[nH]c1=O. The normalized spacial score (nSPS) is 11.4. The summed E-state index contributed by atoms with van der Waals surface area (Å²) >= 11 is 0. The number of pyridine rings is 1. The number of anilines is 1. The molecule has 0 saturated carbocycles. The highest BCUT2D eigenvalue weighted by Crippen LogP contribution is 2.30. The van der Waals surface area contributed by atoms with Gasteiger partial charge in [-0.05, 0) is 52.7 Å². The van der Waals surface area contributed by atoms with E-state index in [4.69, 9.17) is 0 Å². The summed E-state index contributed by atoms with van der Waals surface area (Å²) < 4.78 is 38.5. The Bertz CT molecular complexity index is 1310. The Morgan fingerprint density at radius 1 is 0.833 bits per heavy atom. The average molecular weight is 408 g/mol. The fourth-order valence-corrected chi connectivity index (χ4v) is 3.15. The molecule has 1 amide bonds. The van der Waals surface area contributed by atoms with Crippen LogP contribution in [0.1, 0.15) is 15.9 Å². The second-order valence-electron chi connectivity index (χ2n) is 6.71. The highest BCUT2D eigenvalue weighted by molar-refractivity contribution is 6.04. The van der Waals surface area contributed by atoms with Gasteiger partial charge in [-0.2, -0.15) is 13.2 Å². The molecule has 1 heterocycles. The van der Waals surface area contributed by atoms with E-state index in [1.54, 1.807) is 6.07 Å². The lowest BCUT2D eigenvalue weighted by molar-refractivity contribution is -0.137. The number of rotatable bonds is 3. The number of benzene rings is 3. The minimum atomic E-state index is -4.53. The summed E-state index contributed by atoms with van der Waals surface area (Å²) in [7, 11) is 0. The van der Waals surface area contributed by atoms with E-state index in [2.05, 4.69) is 10.3 Å². The molecule has 0 radical (unpaired) electrons. The van der Waals surface area contributed by atoms with Crippen molar-refractivity contribution in [3.05, 3.63) is 100 Å². The van der Waals surface area contributed by atoms with Gasteiger partial charge in [0.05, 0.1) is 5.56 Å². The average Bonchev–Trinajstić information content (AvgIpc) is 2.73. The van der Waals surface area contributed by atoms with Gasteiger partial charge in [0.15, 0.2) is 0 Å². The summed E-state index contributed by atoms with van der Waals surface area (Å²) in [4.78, 5) is 27.5. The monoisotopic (exact) mass is 408 g/mol. The van der Waals surface area contributed by atoms with Crippen LogP contribution in [-0.4, -0.2) is 10.9 Å². The van der Waals surface area contributed by atoms with Gasteiger partial charge in [0, 0.05) is 11.4 Å². The van der Waals surface area contributed by atoms with Gasteiger partial charge < -0.3 is 10.3 Å². The van der Waals surface area contributed by atoms with E-state index in [1.165, 1.54) is 18.2 Å². The lowest BCUT2D eigenvalue weighted by Crippen LogP contribution is -2.23. The Hall–Kier alpha value is -3.87. The third-order valence-corrected chi connectivity index (χ3v) is 4.66. The molecule has 0 aliphatic heterocycles. The van der Waals surface area contributed by atoms with Crippen molar-refractivity contribution in [2.45, 2.75) is 6.18 Å². The summed E-state index contributed by atoms with van der Waals surface area (Å²) in [6, 6.07) is 20.6. The van der Waals surface area contributed by atoms with Crippen LogP contribution in [0.3, 0.4) is 0 Å². The molecule has 0 unspecified atom stereocenters. The molecule has 0 aliphatic carbocycles. The fraction of sp³-hybridized carbons (Fsp3) is 0.0435. The van der Waals surface area contributed by atoms with E-state index in [-0.39, 0.29) is 11.3 Å². The van der Waals surface area contributed by atoms with Crippen LogP contribution >= 0.6 is 0 Å². The Labute approximate surface area is 169 Å². The summed E-state index contributed by atoms with van der Waals surface area (Å²) in [5.74, 6) is -0.791. The minimum Gasteiger partial charge on any atom is -0.322 e. The van der Waals surface area contributed by atoms with Crippen LogP contribution < -0.4 is 10.9 Å². The van der Waals surface area contributed by atoms with Crippen molar-refractivity contribution in [1.29, 1.82) is 0 Å². The van der Waals surface area contributed by atoms with Crippen molar-refractivity contribution in [3.8, 4) is 11.3 Å². The maximum atomic E-state index is 12.8. The van der Waals surface area contributed by atoms with Gasteiger partial charge >= 0.3 is 6.18 Å². The first-order chi connectivity index (χ1) is 14.3. The van der Waals surface area contributed by atoms with Crippen molar-refractivity contribution in [2.75, 3.05) is 5.32 Å². The summed E-state index contributed by atoms with van der Waals surface area (Å²) in [5.41, 5.74) is -0.465. The molecule has 150 valence electrons. The number of halogens is 3. The van der Waals surface area contributed by atoms with Gasteiger partial charge in [-0.3, -0.25) is 9.59 Å². The number of hydrogen-bond donors (Lipinski definition) is 2. The predicted octanol–water partition coefficient (Wildman–Crippen LogP) is 5.47. The zero-order chi connectivity index (χ0) is 21.3. The molecule has 0 spiro atoms. The lowest BCUT2D eigenvalue weighted by atomic mass is 10.0. The molecule has 1 aromatic heterocycles. The molecule has 4 aromatic rings. The molecule has 3 aromatic carbocycles. The van der Waals surface area contributed by atoms with Crippen LogP contribution in [0.15, 0.2) is 83.7 Å². The smallest absolute Gasteiger partial charge is 0.322 e. The molecule has 30 heavy (non-hydrogen) atoms. The van der Waals surface area contributed by atoms with Crippen LogP contribution in [0.4, 0.5) is 18.9 Å². The maximum absolute atomic E-state index is 12.8. The maximum Gasteiger partial charge on any atom is 0.416 e. The molecule has 4 rings (SSSR count).